The third kappa shape index (κ3) is 5.10. The Kier molecular flexibility index (Phi) is 7.32. The molecule has 3 rings (SSSR count). The number of carboxylic acids is 1. The number of hydrogen-bond acceptors (Lipinski definition) is 6. The first-order valence-electron chi connectivity index (χ1n) is 8.51. The van der Waals surface area contributed by atoms with E-state index in [-0.39, 0.29) is 16.7 Å². The van der Waals surface area contributed by atoms with E-state index in [1.54, 1.807) is 36.4 Å². The van der Waals surface area contributed by atoms with Crippen LogP contribution in [-0.2, 0) is 16.2 Å². The van der Waals surface area contributed by atoms with E-state index >= 15 is 0 Å². The van der Waals surface area contributed by atoms with E-state index < -0.39 is 18.4 Å². The van der Waals surface area contributed by atoms with Crippen LogP contribution in [0.2, 0.25) is 0 Å². The summed E-state index contributed by atoms with van der Waals surface area (Å²) in [4.78, 5) is 24.7. The fourth-order valence-corrected chi connectivity index (χ4v) is 4.69. The zero-order chi connectivity index (χ0) is 21.8. The van der Waals surface area contributed by atoms with Gasteiger partial charge in [0.25, 0.3) is 5.91 Å². The van der Waals surface area contributed by atoms with Crippen LogP contribution in [0.1, 0.15) is 11.1 Å². The second-order valence-corrected chi connectivity index (χ2v) is 8.91. The number of benzene rings is 2. The standard InChI is InChI=1S/C20H15FINO5S2/c1-27-15-7-11(8-16-19(26)23(9-17(24)25)20(29)30-16)6-14(22)18(15)28-10-12-4-2-3-5-13(12)21/h2-8H,9-10H2,1H3,(H,24,25)/b16-8+. The molecule has 1 N–H and O–H groups in total. The number of hydrogen-bond donors (Lipinski definition) is 1. The average Bonchev–Trinajstić information content (AvgIpc) is 2.95. The van der Waals surface area contributed by atoms with Crippen LogP contribution >= 0.6 is 46.6 Å². The van der Waals surface area contributed by atoms with Gasteiger partial charge in [0.1, 0.15) is 23.3 Å². The predicted molar refractivity (Wildman–Crippen MR) is 124 cm³/mol. The van der Waals surface area contributed by atoms with Gasteiger partial charge in [0, 0.05) is 5.56 Å². The second-order valence-electron chi connectivity index (χ2n) is 6.08. The Morgan fingerprint density at radius 1 is 1.37 bits per heavy atom. The van der Waals surface area contributed by atoms with Gasteiger partial charge < -0.3 is 14.6 Å². The summed E-state index contributed by atoms with van der Waals surface area (Å²) in [6.45, 7) is -0.447. The highest BCUT2D eigenvalue weighted by Crippen LogP contribution is 2.37. The number of aliphatic carboxylic acids is 1. The van der Waals surface area contributed by atoms with Gasteiger partial charge in [0.2, 0.25) is 0 Å². The maximum atomic E-state index is 13.8. The highest BCUT2D eigenvalue weighted by molar-refractivity contribution is 14.1. The van der Waals surface area contributed by atoms with Gasteiger partial charge in [-0.1, -0.05) is 42.2 Å². The normalized spacial score (nSPS) is 15.0. The van der Waals surface area contributed by atoms with Crippen LogP contribution < -0.4 is 9.47 Å². The van der Waals surface area contributed by atoms with Crippen molar-refractivity contribution in [3.8, 4) is 11.5 Å². The van der Waals surface area contributed by atoms with Crippen molar-refractivity contribution in [1.29, 1.82) is 0 Å². The lowest BCUT2D eigenvalue weighted by molar-refractivity contribution is -0.140. The van der Waals surface area contributed by atoms with Gasteiger partial charge in [-0.15, -0.1) is 0 Å². The van der Waals surface area contributed by atoms with Gasteiger partial charge >= 0.3 is 5.97 Å². The highest BCUT2D eigenvalue weighted by Gasteiger charge is 2.33. The molecule has 1 amide bonds. The molecule has 1 heterocycles. The molecule has 0 aromatic heterocycles. The lowest BCUT2D eigenvalue weighted by atomic mass is 10.1. The molecular formula is C20H15FINO5S2. The van der Waals surface area contributed by atoms with Crippen LogP contribution in [0.3, 0.4) is 0 Å². The summed E-state index contributed by atoms with van der Waals surface area (Å²) in [7, 11) is 1.48. The molecule has 2 aromatic rings. The summed E-state index contributed by atoms with van der Waals surface area (Å²) in [5, 5.41) is 8.93. The van der Waals surface area contributed by atoms with E-state index in [9.17, 15) is 14.0 Å². The minimum absolute atomic E-state index is 0.0340. The van der Waals surface area contributed by atoms with E-state index in [0.29, 0.717) is 31.1 Å². The lowest BCUT2D eigenvalue weighted by Gasteiger charge is -2.14. The Bertz CT molecular complexity index is 1060. The molecule has 1 fully saturated rings. The number of halogens is 2. The van der Waals surface area contributed by atoms with Gasteiger partial charge in [-0.25, -0.2) is 4.39 Å². The molecule has 1 aliphatic heterocycles. The predicted octanol–water partition coefficient (Wildman–Crippen LogP) is 4.30. The maximum Gasteiger partial charge on any atom is 0.323 e. The first-order valence-corrected chi connectivity index (χ1v) is 10.8. The smallest absolute Gasteiger partial charge is 0.323 e. The molecule has 10 heteroatoms. The zero-order valence-corrected chi connectivity index (χ0v) is 19.3. The van der Waals surface area contributed by atoms with Crippen LogP contribution in [0.15, 0.2) is 41.3 Å². The number of carboxylic acid groups (broad SMARTS) is 1. The first kappa shape index (κ1) is 22.5. The van der Waals surface area contributed by atoms with Crippen LogP contribution in [-0.4, -0.2) is 39.9 Å². The highest BCUT2D eigenvalue weighted by atomic mass is 127. The van der Waals surface area contributed by atoms with Crippen molar-refractivity contribution in [2.45, 2.75) is 6.61 Å². The van der Waals surface area contributed by atoms with Gasteiger partial charge in [-0.2, -0.15) is 0 Å². The minimum Gasteiger partial charge on any atom is -0.493 e. The topological polar surface area (TPSA) is 76.1 Å². The summed E-state index contributed by atoms with van der Waals surface area (Å²) < 4.78 is 25.9. The van der Waals surface area contributed by atoms with Crippen molar-refractivity contribution in [2.24, 2.45) is 0 Å². The summed E-state index contributed by atoms with van der Waals surface area (Å²) >= 11 is 8.21. The summed E-state index contributed by atoms with van der Waals surface area (Å²) in [6.07, 6.45) is 1.62. The number of carbonyl (C=O) groups is 2. The maximum absolute atomic E-state index is 13.8. The molecule has 0 spiro atoms. The summed E-state index contributed by atoms with van der Waals surface area (Å²) in [6, 6.07) is 9.81. The van der Waals surface area contributed by atoms with E-state index in [0.717, 1.165) is 16.7 Å². The number of rotatable bonds is 7. The van der Waals surface area contributed by atoms with Gasteiger partial charge in [0.15, 0.2) is 11.5 Å². The molecular weight excluding hydrogens is 544 g/mol. The first-order chi connectivity index (χ1) is 14.3. The number of ether oxygens (including phenoxy) is 2. The molecule has 0 bridgehead atoms. The van der Waals surface area contributed by atoms with E-state index in [1.807, 2.05) is 0 Å². The van der Waals surface area contributed by atoms with E-state index in [2.05, 4.69) is 22.6 Å². The fraction of sp³-hybridized carbons (Fsp3) is 0.150. The molecule has 1 saturated heterocycles. The molecule has 156 valence electrons. The molecule has 30 heavy (non-hydrogen) atoms. The number of thiocarbonyl (C=S) groups is 1. The Hall–Kier alpha value is -2.18. The molecule has 6 nitrogen and oxygen atoms in total. The number of nitrogens with zero attached hydrogens (tertiary/aromatic N) is 1. The number of amides is 1. The molecule has 2 aromatic carbocycles. The summed E-state index contributed by atoms with van der Waals surface area (Å²) in [5.41, 5.74) is 1.08. The Morgan fingerprint density at radius 2 is 2.10 bits per heavy atom. The zero-order valence-electron chi connectivity index (χ0n) is 15.6. The van der Waals surface area contributed by atoms with Crippen molar-refractivity contribution < 1.29 is 28.6 Å². The van der Waals surface area contributed by atoms with Crippen LogP contribution in [0.5, 0.6) is 11.5 Å². The molecule has 0 saturated carbocycles. The van der Waals surface area contributed by atoms with Crippen molar-refractivity contribution >= 4 is 68.8 Å². The van der Waals surface area contributed by atoms with Crippen LogP contribution in [0, 0.1) is 9.39 Å². The SMILES string of the molecule is COc1cc(/C=C2/SC(=S)N(CC(=O)O)C2=O)cc(I)c1OCc1ccccc1F. The number of thioether (sulfide) groups is 1. The molecule has 0 unspecified atom stereocenters. The van der Waals surface area contributed by atoms with Crippen molar-refractivity contribution in [3.63, 3.8) is 0 Å². The minimum atomic E-state index is -1.14. The van der Waals surface area contributed by atoms with Crippen molar-refractivity contribution in [1.82, 2.24) is 4.90 Å². The monoisotopic (exact) mass is 559 g/mol. The molecule has 1 aliphatic rings. The van der Waals surface area contributed by atoms with Gasteiger partial charge in [0.05, 0.1) is 15.6 Å². The van der Waals surface area contributed by atoms with Crippen LogP contribution in [0.4, 0.5) is 4.39 Å². The van der Waals surface area contributed by atoms with E-state index in [1.165, 1.54) is 13.2 Å². The Balaban J connectivity index is 1.84. The molecule has 0 atom stereocenters. The Labute approximate surface area is 195 Å². The Morgan fingerprint density at radius 3 is 2.77 bits per heavy atom. The van der Waals surface area contributed by atoms with E-state index in [4.69, 9.17) is 26.8 Å². The lowest BCUT2D eigenvalue weighted by Crippen LogP contribution is -2.33. The van der Waals surface area contributed by atoms with Gasteiger partial charge in [-0.3, -0.25) is 14.5 Å². The largest absolute Gasteiger partial charge is 0.493 e. The number of carbonyl (C=O) groups excluding carboxylic acids is 1. The fourth-order valence-electron chi connectivity index (χ4n) is 2.65. The molecule has 0 radical (unpaired) electrons. The average molecular weight is 559 g/mol. The second kappa shape index (κ2) is 9.75. The third-order valence-corrected chi connectivity index (χ3v) is 6.23. The van der Waals surface area contributed by atoms with Gasteiger partial charge in [-0.05, 0) is 52.4 Å². The third-order valence-electron chi connectivity index (χ3n) is 4.05. The van der Waals surface area contributed by atoms with Crippen LogP contribution in [0.25, 0.3) is 6.08 Å². The molecule has 0 aliphatic carbocycles. The quantitative estimate of drug-likeness (QED) is 0.308. The summed E-state index contributed by atoms with van der Waals surface area (Å²) in [5.74, 6) is -1.07. The van der Waals surface area contributed by atoms with Crippen molar-refractivity contribution in [3.05, 3.63) is 61.8 Å². The van der Waals surface area contributed by atoms with Crippen molar-refractivity contribution in [2.75, 3.05) is 13.7 Å². The number of methoxy groups -OCH3 is 1.